The van der Waals surface area contributed by atoms with Crippen LogP contribution in [0.4, 0.5) is 0 Å². The Hall–Kier alpha value is -4.39. The first kappa shape index (κ1) is 24.3. The van der Waals surface area contributed by atoms with Crippen molar-refractivity contribution in [3.63, 3.8) is 0 Å². The van der Waals surface area contributed by atoms with E-state index in [0.717, 1.165) is 28.0 Å². The minimum atomic E-state index is -0.126. The predicted octanol–water partition coefficient (Wildman–Crippen LogP) is 6.90. The summed E-state index contributed by atoms with van der Waals surface area (Å²) in [5.41, 5.74) is 5.57. The Kier molecular flexibility index (Phi) is 6.29. The quantitative estimate of drug-likeness (QED) is 0.256. The molecule has 37 heavy (non-hydrogen) atoms. The first-order valence-electron chi connectivity index (χ1n) is 12.1. The molecule has 0 atom stereocenters. The Morgan fingerprint density at radius 2 is 1.49 bits per heavy atom. The van der Waals surface area contributed by atoms with Crippen LogP contribution < -0.4 is 14.2 Å². The molecule has 0 N–H and O–H groups in total. The van der Waals surface area contributed by atoms with Gasteiger partial charge >= 0.3 is 0 Å². The highest BCUT2D eigenvalue weighted by Crippen LogP contribution is 2.39. The van der Waals surface area contributed by atoms with Crippen LogP contribution >= 0.6 is 0 Å². The Bertz CT molecular complexity index is 1570. The van der Waals surface area contributed by atoms with Crippen LogP contribution in [-0.4, -0.2) is 34.0 Å². The highest BCUT2D eigenvalue weighted by atomic mass is 16.5. The fourth-order valence-corrected chi connectivity index (χ4v) is 4.13. The van der Waals surface area contributed by atoms with Gasteiger partial charge in [0.1, 0.15) is 12.1 Å². The van der Waals surface area contributed by atoms with E-state index in [2.05, 4.69) is 68.0 Å². The Morgan fingerprint density at radius 3 is 2.19 bits per heavy atom. The van der Waals surface area contributed by atoms with Gasteiger partial charge < -0.3 is 14.2 Å². The standard InChI is InChI=1S/C30H30N4O3/c1-19-11-13-20(14-12-19)34-24(17-28(33-34)30(2,3)4)21-9-7-8-10-25(21)37-29-22-15-26(35-5)27(36-6)16-23(22)31-18-32-29/h7-18H,1-6H3. The number of aromatic nitrogens is 4. The van der Waals surface area contributed by atoms with Gasteiger partial charge in [-0.25, -0.2) is 14.6 Å². The van der Waals surface area contributed by atoms with Crippen molar-refractivity contribution >= 4 is 10.9 Å². The first-order valence-corrected chi connectivity index (χ1v) is 12.1. The molecule has 7 heteroatoms. The zero-order valence-electron chi connectivity index (χ0n) is 21.9. The van der Waals surface area contributed by atoms with Gasteiger partial charge in [0.25, 0.3) is 0 Å². The molecule has 0 unspecified atom stereocenters. The zero-order valence-corrected chi connectivity index (χ0v) is 21.9. The van der Waals surface area contributed by atoms with E-state index in [1.54, 1.807) is 14.2 Å². The van der Waals surface area contributed by atoms with Crippen LogP contribution in [0.3, 0.4) is 0 Å². The molecule has 0 fully saturated rings. The maximum Gasteiger partial charge on any atom is 0.230 e. The number of methoxy groups -OCH3 is 2. The van der Waals surface area contributed by atoms with Crippen molar-refractivity contribution in [2.45, 2.75) is 33.1 Å². The maximum atomic E-state index is 6.47. The zero-order chi connectivity index (χ0) is 26.2. The molecule has 0 saturated carbocycles. The molecule has 2 aromatic heterocycles. The van der Waals surface area contributed by atoms with Crippen LogP contribution in [0.15, 0.2) is 73.1 Å². The lowest BCUT2D eigenvalue weighted by Gasteiger charge is -2.14. The highest BCUT2D eigenvalue weighted by molar-refractivity contribution is 5.87. The van der Waals surface area contributed by atoms with E-state index in [9.17, 15) is 0 Å². The summed E-state index contributed by atoms with van der Waals surface area (Å²) in [5.74, 6) is 2.26. The van der Waals surface area contributed by atoms with Gasteiger partial charge in [-0.1, -0.05) is 50.6 Å². The molecule has 0 aliphatic rings. The fraction of sp³-hybridized carbons (Fsp3) is 0.233. The second kappa shape index (κ2) is 9.58. The van der Waals surface area contributed by atoms with Crippen molar-refractivity contribution in [1.82, 2.24) is 19.7 Å². The molecule has 0 aliphatic carbocycles. The second-order valence-corrected chi connectivity index (χ2v) is 9.91. The van der Waals surface area contributed by atoms with E-state index < -0.39 is 0 Å². The number of fused-ring (bicyclic) bond motifs is 1. The number of hydrogen-bond donors (Lipinski definition) is 0. The number of aryl methyl sites for hydroxylation is 1. The summed E-state index contributed by atoms with van der Waals surface area (Å²) in [4.78, 5) is 8.85. The van der Waals surface area contributed by atoms with E-state index in [0.29, 0.717) is 28.6 Å². The van der Waals surface area contributed by atoms with E-state index in [1.807, 2.05) is 41.1 Å². The SMILES string of the molecule is COc1cc2ncnc(Oc3ccccc3-c3cc(C(C)(C)C)nn3-c3ccc(C)cc3)c2cc1OC. The number of ether oxygens (including phenoxy) is 3. The molecule has 0 spiro atoms. The lowest BCUT2D eigenvalue weighted by Crippen LogP contribution is -2.12. The van der Waals surface area contributed by atoms with Crippen molar-refractivity contribution in [3.8, 4) is 40.1 Å². The Morgan fingerprint density at radius 1 is 0.784 bits per heavy atom. The number of hydrogen-bond acceptors (Lipinski definition) is 6. The van der Waals surface area contributed by atoms with Crippen LogP contribution in [-0.2, 0) is 5.41 Å². The lowest BCUT2D eigenvalue weighted by molar-refractivity contribution is 0.355. The molecule has 0 saturated heterocycles. The van der Waals surface area contributed by atoms with E-state index >= 15 is 0 Å². The van der Waals surface area contributed by atoms with Crippen LogP contribution in [0.2, 0.25) is 0 Å². The largest absolute Gasteiger partial charge is 0.493 e. The average molecular weight is 495 g/mol. The minimum Gasteiger partial charge on any atom is -0.493 e. The second-order valence-electron chi connectivity index (χ2n) is 9.91. The first-order chi connectivity index (χ1) is 17.8. The minimum absolute atomic E-state index is 0.126. The van der Waals surface area contributed by atoms with Gasteiger partial charge in [0.15, 0.2) is 11.5 Å². The summed E-state index contributed by atoms with van der Waals surface area (Å²) in [6.07, 6.45) is 1.49. The van der Waals surface area contributed by atoms with Gasteiger partial charge in [-0.3, -0.25) is 0 Å². The third-order valence-corrected chi connectivity index (χ3v) is 6.23. The summed E-state index contributed by atoms with van der Waals surface area (Å²) in [6.45, 7) is 8.56. The molecule has 0 radical (unpaired) electrons. The van der Waals surface area contributed by atoms with Crippen molar-refractivity contribution in [2.24, 2.45) is 0 Å². The number of benzene rings is 3. The molecule has 7 nitrogen and oxygen atoms in total. The van der Waals surface area contributed by atoms with E-state index in [4.69, 9.17) is 19.3 Å². The van der Waals surface area contributed by atoms with Crippen LogP contribution in [0.25, 0.3) is 27.8 Å². The number of nitrogens with zero attached hydrogens (tertiary/aromatic N) is 4. The molecule has 2 heterocycles. The lowest BCUT2D eigenvalue weighted by atomic mass is 9.92. The summed E-state index contributed by atoms with van der Waals surface area (Å²) in [7, 11) is 3.20. The van der Waals surface area contributed by atoms with E-state index in [1.165, 1.54) is 11.9 Å². The molecule has 0 bridgehead atoms. The molecular weight excluding hydrogens is 464 g/mol. The third kappa shape index (κ3) is 4.72. The Labute approximate surface area is 216 Å². The Balaban J connectivity index is 1.65. The molecule has 5 rings (SSSR count). The summed E-state index contributed by atoms with van der Waals surface area (Å²) in [5, 5.41) is 5.72. The molecule has 188 valence electrons. The van der Waals surface area contributed by atoms with Gasteiger partial charge in [-0.2, -0.15) is 5.10 Å². The monoisotopic (exact) mass is 494 g/mol. The van der Waals surface area contributed by atoms with Gasteiger partial charge in [-0.05, 0) is 43.3 Å². The fourth-order valence-electron chi connectivity index (χ4n) is 4.13. The molecule has 5 aromatic rings. The topological polar surface area (TPSA) is 71.3 Å². The molecular formula is C30H30N4O3. The number of para-hydroxylation sites is 1. The van der Waals surface area contributed by atoms with Crippen molar-refractivity contribution in [1.29, 1.82) is 0 Å². The summed E-state index contributed by atoms with van der Waals surface area (Å²) >= 11 is 0. The average Bonchev–Trinajstić information content (AvgIpc) is 3.35. The summed E-state index contributed by atoms with van der Waals surface area (Å²) in [6, 6.07) is 22.1. The van der Waals surface area contributed by atoms with Gasteiger partial charge in [0.05, 0.1) is 42.2 Å². The smallest absolute Gasteiger partial charge is 0.230 e. The van der Waals surface area contributed by atoms with Crippen LogP contribution in [0.1, 0.15) is 32.0 Å². The van der Waals surface area contributed by atoms with Crippen molar-refractivity contribution < 1.29 is 14.2 Å². The molecule has 0 amide bonds. The van der Waals surface area contributed by atoms with Crippen molar-refractivity contribution in [2.75, 3.05) is 14.2 Å². The normalized spacial score (nSPS) is 11.5. The number of rotatable bonds is 6. The van der Waals surface area contributed by atoms with E-state index in [-0.39, 0.29) is 5.41 Å². The highest BCUT2D eigenvalue weighted by Gasteiger charge is 2.23. The molecule has 3 aromatic carbocycles. The molecule has 0 aliphatic heterocycles. The van der Waals surface area contributed by atoms with Gasteiger partial charge in [-0.15, -0.1) is 0 Å². The van der Waals surface area contributed by atoms with Crippen LogP contribution in [0, 0.1) is 6.92 Å². The predicted molar refractivity (Wildman–Crippen MR) is 145 cm³/mol. The maximum absolute atomic E-state index is 6.47. The summed E-state index contributed by atoms with van der Waals surface area (Å²) < 4.78 is 19.4. The van der Waals surface area contributed by atoms with Gasteiger partial charge in [0.2, 0.25) is 5.88 Å². The van der Waals surface area contributed by atoms with Crippen LogP contribution in [0.5, 0.6) is 23.1 Å². The van der Waals surface area contributed by atoms with Gasteiger partial charge in [0, 0.05) is 17.0 Å². The third-order valence-electron chi connectivity index (χ3n) is 6.23. The van der Waals surface area contributed by atoms with Crippen molar-refractivity contribution in [3.05, 3.63) is 84.3 Å².